The topological polar surface area (TPSA) is 44.4 Å². The van der Waals surface area contributed by atoms with Crippen molar-refractivity contribution < 1.29 is 4.79 Å². The number of rotatable bonds is 6. The third-order valence-electron chi connectivity index (χ3n) is 4.86. The minimum absolute atomic E-state index is 0.179. The Morgan fingerprint density at radius 3 is 3.19 bits per heavy atom. The normalized spacial score (nSPS) is 28.7. The van der Waals surface area contributed by atoms with E-state index in [0.29, 0.717) is 12.6 Å². The first kappa shape index (κ1) is 15.0. The molecule has 0 saturated carbocycles. The highest BCUT2D eigenvalue weighted by molar-refractivity contribution is 7.09. The van der Waals surface area contributed by atoms with Crippen molar-refractivity contribution in [2.24, 2.45) is 11.8 Å². The van der Waals surface area contributed by atoms with Crippen molar-refractivity contribution in [1.29, 1.82) is 0 Å². The predicted molar refractivity (Wildman–Crippen MR) is 86.5 cm³/mol. The zero-order valence-corrected chi connectivity index (χ0v) is 13.5. The molecule has 1 aromatic rings. The van der Waals surface area contributed by atoms with E-state index in [1.807, 2.05) is 0 Å². The summed E-state index contributed by atoms with van der Waals surface area (Å²) in [4.78, 5) is 15.9. The quantitative estimate of drug-likeness (QED) is 0.833. The first-order valence-corrected chi connectivity index (χ1v) is 8.89. The van der Waals surface area contributed by atoms with Crippen LogP contribution in [-0.4, -0.2) is 49.6 Å². The van der Waals surface area contributed by atoms with Crippen LogP contribution in [0.1, 0.15) is 18.2 Å². The van der Waals surface area contributed by atoms with Crippen LogP contribution in [0.3, 0.4) is 0 Å². The number of hydrogen-bond donors (Lipinski definition) is 2. The molecular weight excluding hydrogens is 282 g/mol. The molecule has 2 saturated heterocycles. The lowest BCUT2D eigenvalue weighted by molar-refractivity contribution is -0.122. The Balaban J connectivity index is 1.44. The van der Waals surface area contributed by atoms with Gasteiger partial charge in [0.25, 0.3) is 0 Å². The molecule has 0 aromatic carbocycles. The molecule has 2 aliphatic heterocycles. The second-order valence-electron chi connectivity index (χ2n) is 6.17. The summed E-state index contributed by atoms with van der Waals surface area (Å²) in [5, 5.41) is 8.64. The van der Waals surface area contributed by atoms with Crippen LogP contribution < -0.4 is 10.6 Å². The summed E-state index contributed by atoms with van der Waals surface area (Å²) in [5.41, 5.74) is 0. The lowest BCUT2D eigenvalue weighted by atomic mass is 9.93. The SMILES string of the molecule is CCC1C2CNCC2CN1CC(=O)NCCc1cccs1. The second kappa shape index (κ2) is 6.90. The summed E-state index contributed by atoms with van der Waals surface area (Å²) in [7, 11) is 0. The van der Waals surface area contributed by atoms with Crippen LogP contribution in [-0.2, 0) is 11.2 Å². The van der Waals surface area contributed by atoms with Crippen LogP contribution in [0.2, 0.25) is 0 Å². The largest absolute Gasteiger partial charge is 0.355 e. The van der Waals surface area contributed by atoms with Crippen LogP contribution in [0.25, 0.3) is 0 Å². The van der Waals surface area contributed by atoms with Crippen LogP contribution in [0.4, 0.5) is 0 Å². The maximum absolute atomic E-state index is 12.1. The van der Waals surface area contributed by atoms with Crippen LogP contribution >= 0.6 is 11.3 Å². The molecule has 2 N–H and O–H groups in total. The molecule has 21 heavy (non-hydrogen) atoms. The Morgan fingerprint density at radius 1 is 1.52 bits per heavy atom. The van der Waals surface area contributed by atoms with E-state index in [1.165, 1.54) is 4.88 Å². The zero-order chi connectivity index (χ0) is 14.7. The highest BCUT2D eigenvalue weighted by Crippen LogP contribution is 2.33. The summed E-state index contributed by atoms with van der Waals surface area (Å²) in [5.74, 6) is 1.67. The Kier molecular flexibility index (Phi) is 4.93. The van der Waals surface area contributed by atoms with Gasteiger partial charge >= 0.3 is 0 Å². The van der Waals surface area contributed by atoms with Crippen LogP contribution in [0, 0.1) is 11.8 Å². The van der Waals surface area contributed by atoms with Crippen LogP contribution in [0.15, 0.2) is 17.5 Å². The fraction of sp³-hybridized carbons (Fsp3) is 0.688. The van der Waals surface area contributed by atoms with Gasteiger partial charge < -0.3 is 10.6 Å². The van der Waals surface area contributed by atoms with Gasteiger partial charge in [0.2, 0.25) is 5.91 Å². The van der Waals surface area contributed by atoms with Gasteiger partial charge in [-0.3, -0.25) is 9.69 Å². The van der Waals surface area contributed by atoms with E-state index in [-0.39, 0.29) is 5.91 Å². The Morgan fingerprint density at radius 2 is 2.43 bits per heavy atom. The number of carbonyl (C=O) groups excluding carboxylic acids is 1. The molecular formula is C16H25N3OS. The van der Waals surface area contributed by atoms with E-state index in [0.717, 1.165) is 50.9 Å². The Bertz CT molecular complexity index is 462. The second-order valence-corrected chi connectivity index (χ2v) is 7.20. The van der Waals surface area contributed by atoms with Crippen molar-refractivity contribution in [2.45, 2.75) is 25.8 Å². The number of amides is 1. The lowest BCUT2D eigenvalue weighted by Gasteiger charge is -2.26. The van der Waals surface area contributed by atoms with Gasteiger partial charge in [-0.25, -0.2) is 0 Å². The monoisotopic (exact) mass is 307 g/mol. The summed E-state index contributed by atoms with van der Waals surface area (Å²) in [6, 6.07) is 4.76. The summed E-state index contributed by atoms with van der Waals surface area (Å²) in [6.07, 6.45) is 2.08. The summed E-state index contributed by atoms with van der Waals surface area (Å²) >= 11 is 1.75. The van der Waals surface area contributed by atoms with E-state index in [4.69, 9.17) is 0 Å². The molecule has 3 heterocycles. The third kappa shape index (κ3) is 3.47. The fourth-order valence-corrected chi connectivity index (χ4v) is 4.58. The molecule has 1 aromatic heterocycles. The van der Waals surface area contributed by atoms with Gasteiger partial charge in [-0.1, -0.05) is 13.0 Å². The predicted octanol–water partition coefficient (Wildman–Crippen LogP) is 1.34. The van der Waals surface area contributed by atoms with Crippen LogP contribution in [0.5, 0.6) is 0 Å². The molecule has 2 aliphatic rings. The molecule has 4 nitrogen and oxygen atoms in total. The number of hydrogen-bond acceptors (Lipinski definition) is 4. The van der Waals surface area contributed by atoms with Gasteiger partial charge in [-0.05, 0) is 49.2 Å². The summed E-state index contributed by atoms with van der Waals surface area (Å²) < 4.78 is 0. The maximum Gasteiger partial charge on any atom is 0.234 e. The van der Waals surface area contributed by atoms with Crippen molar-refractivity contribution in [2.75, 3.05) is 32.7 Å². The number of nitrogens with one attached hydrogen (secondary N) is 2. The first-order chi connectivity index (χ1) is 10.3. The van der Waals surface area contributed by atoms with Gasteiger partial charge in [0.15, 0.2) is 0 Å². The maximum atomic E-state index is 12.1. The molecule has 1 amide bonds. The molecule has 3 atom stereocenters. The highest BCUT2D eigenvalue weighted by atomic mass is 32.1. The smallest absolute Gasteiger partial charge is 0.234 e. The number of carbonyl (C=O) groups is 1. The standard InChI is InChI=1S/C16H25N3OS/c1-2-15-14-9-17-8-12(14)10-19(15)11-16(20)18-6-5-13-4-3-7-21-13/h3-4,7,12,14-15,17H,2,5-6,8-11H2,1H3,(H,18,20). The highest BCUT2D eigenvalue weighted by Gasteiger charge is 2.43. The van der Waals surface area contributed by atoms with Crippen molar-refractivity contribution in [1.82, 2.24) is 15.5 Å². The summed E-state index contributed by atoms with van der Waals surface area (Å²) in [6.45, 7) is 6.88. The molecule has 0 aliphatic carbocycles. The van der Waals surface area contributed by atoms with Gasteiger partial charge in [0, 0.05) is 24.0 Å². The van der Waals surface area contributed by atoms with Gasteiger partial charge in [-0.2, -0.15) is 0 Å². The van der Waals surface area contributed by atoms with E-state index in [1.54, 1.807) is 11.3 Å². The molecule has 2 fully saturated rings. The number of fused-ring (bicyclic) bond motifs is 1. The van der Waals surface area contributed by atoms with E-state index in [2.05, 4.69) is 40.0 Å². The average molecular weight is 307 g/mol. The molecule has 0 bridgehead atoms. The van der Waals surface area contributed by atoms with Gasteiger partial charge in [-0.15, -0.1) is 11.3 Å². The number of thiophene rings is 1. The average Bonchev–Trinajstić information content (AvgIpc) is 3.15. The van der Waals surface area contributed by atoms with Gasteiger partial charge in [0.1, 0.15) is 0 Å². The molecule has 3 unspecified atom stereocenters. The molecule has 0 radical (unpaired) electrons. The Labute approximate surface area is 130 Å². The Hall–Kier alpha value is -0.910. The first-order valence-electron chi connectivity index (χ1n) is 8.01. The van der Waals surface area contributed by atoms with E-state index >= 15 is 0 Å². The van der Waals surface area contributed by atoms with Crippen molar-refractivity contribution in [3.05, 3.63) is 22.4 Å². The van der Waals surface area contributed by atoms with E-state index in [9.17, 15) is 4.79 Å². The fourth-order valence-electron chi connectivity index (χ4n) is 3.87. The molecule has 116 valence electrons. The number of nitrogens with zero attached hydrogens (tertiary/aromatic N) is 1. The zero-order valence-electron chi connectivity index (χ0n) is 12.7. The number of likely N-dealkylation sites (tertiary alicyclic amines) is 1. The molecule has 0 spiro atoms. The van der Waals surface area contributed by atoms with E-state index < -0.39 is 0 Å². The van der Waals surface area contributed by atoms with Crippen molar-refractivity contribution in [3.63, 3.8) is 0 Å². The van der Waals surface area contributed by atoms with Gasteiger partial charge in [0.05, 0.1) is 6.54 Å². The molecule has 5 heteroatoms. The minimum Gasteiger partial charge on any atom is -0.355 e. The minimum atomic E-state index is 0.179. The lowest BCUT2D eigenvalue weighted by Crippen LogP contribution is -2.42. The third-order valence-corrected chi connectivity index (χ3v) is 5.80. The van der Waals surface area contributed by atoms with Crippen molar-refractivity contribution >= 4 is 17.2 Å². The van der Waals surface area contributed by atoms with Crippen molar-refractivity contribution in [3.8, 4) is 0 Å². The molecule has 3 rings (SSSR count).